The van der Waals surface area contributed by atoms with E-state index in [-0.39, 0.29) is 35.7 Å². The average Bonchev–Trinajstić information content (AvgIpc) is 3.75. The highest BCUT2D eigenvalue weighted by Crippen LogP contribution is 2.50. The molecule has 1 atom stereocenters. The maximum absolute atomic E-state index is 14.7. The largest absolute Gasteiger partial charge is 0.573 e. The number of aromatic carboxylic acids is 1. The van der Waals surface area contributed by atoms with E-state index in [1.807, 2.05) is 4.68 Å². The molecular formula is C26H23F4N3O4. The zero-order valence-electron chi connectivity index (χ0n) is 19.7. The third kappa shape index (κ3) is 5.03. The smallest absolute Gasteiger partial charge is 0.478 e. The molecule has 194 valence electrons. The Labute approximate surface area is 209 Å². The number of benzene rings is 2. The maximum Gasteiger partial charge on any atom is 0.573 e. The van der Waals surface area contributed by atoms with Crippen LogP contribution in [-0.4, -0.2) is 33.1 Å². The minimum absolute atomic E-state index is 0.0406. The summed E-state index contributed by atoms with van der Waals surface area (Å²) in [6.45, 7) is 2.07. The highest BCUT2D eigenvalue weighted by Gasteiger charge is 2.53. The molecule has 0 radical (unpaired) electrons. The van der Waals surface area contributed by atoms with Crippen LogP contribution in [0.4, 0.5) is 23.2 Å². The number of carbonyl (C=O) groups excluding carboxylic acids is 1. The molecule has 2 aliphatic carbocycles. The first kappa shape index (κ1) is 24.8. The summed E-state index contributed by atoms with van der Waals surface area (Å²) in [6, 6.07) is 7.32. The Hall–Kier alpha value is -3.89. The highest BCUT2D eigenvalue weighted by atomic mass is 19.4. The molecule has 5 rings (SSSR count). The van der Waals surface area contributed by atoms with E-state index in [4.69, 9.17) is 0 Å². The molecule has 37 heavy (non-hydrogen) atoms. The number of anilines is 1. The Bertz CT molecular complexity index is 1380. The van der Waals surface area contributed by atoms with Crippen LogP contribution in [0.1, 0.15) is 54.6 Å². The maximum atomic E-state index is 14.7. The summed E-state index contributed by atoms with van der Waals surface area (Å²) >= 11 is 0. The summed E-state index contributed by atoms with van der Waals surface area (Å²) < 4.78 is 57.5. The number of aromatic nitrogens is 2. The van der Waals surface area contributed by atoms with Gasteiger partial charge in [0.15, 0.2) is 0 Å². The van der Waals surface area contributed by atoms with Crippen LogP contribution in [0.25, 0.3) is 11.1 Å². The van der Waals surface area contributed by atoms with Crippen molar-refractivity contribution in [2.24, 2.45) is 5.92 Å². The van der Waals surface area contributed by atoms with Gasteiger partial charge in [-0.15, -0.1) is 13.2 Å². The summed E-state index contributed by atoms with van der Waals surface area (Å²) in [7, 11) is 0. The van der Waals surface area contributed by atoms with E-state index in [1.165, 1.54) is 6.07 Å². The van der Waals surface area contributed by atoms with E-state index in [0.29, 0.717) is 23.1 Å². The number of amides is 1. The summed E-state index contributed by atoms with van der Waals surface area (Å²) in [5.74, 6) is -2.92. The van der Waals surface area contributed by atoms with Crippen molar-refractivity contribution in [3.05, 3.63) is 65.7 Å². The Kier molecular flexibility index (Phi) is 5.96. The monoisotopic (exact) mass is 517 g/mol. The van der Waals surface area contributed by atoms with Gasteiger partial charge in [0.25, 0.3) is 0 Å². The summed E-state index contributed by atoms with van der Waals surface area (Å²) in [6.07, 6.45) is 1.30. The topological polar surface area (TPSA) is 93.5 Å². The number of ether oxygens (including phenoxy) is 1. The van der Waals surface area contributed by atoms with Crippen LogP contribution in [-0.2, 0) is 10.2 Å². The van der Waals surface area contributed by atoms with Gasteiger partial charge in [0.05, 0.1) is 23.2 Å². The molecule has 1 unspecified atom stereocenters. The van der Waals surface area contributed by atoms with Gasteiger partial charge in [-0.3, -0.25) is 9.48 Å². The SMILES string of the molecule is CC(C1CC1)n1cc(-c2ccc(NC(=O)C3(c4ccc(OC(F)(F)F)cc4F)CC3)cc2C(=O)O)cn1. The first-order chi connectivity index (χ1) is 17.5. The van der Waals surface area contributed by atoms with Crippen LogP contribution in [0, 0.1) is 11.7 Å². The van der Waals surface area contributed by atoms with Gasteiger partial charge in [-0.05, 0) is 62.3 Å². The van der Waals surface area contributed by atoms with Crippen LogP contribution in [0.3, 0.4) is 0 Å². The second kappa shape index (κ2) is 8.89. The van der Waals surface area contributed by atoms with E-state index in [0.717, 1.165) is 25.0 Å². The lowest BCUT2D eigenvalue weighted by Gasteiger charge is -2.18. The van der Waals surface area contributed by atoms with Crippen LogP contribution in [0.15, 0.2) is 48.8 Å². The first-order valence-electron chi connectivity index (χ1n) is 11.8. The van der Waals surface area contributed by atoms with Crippen molar-refractivity contribution in [2.45, 2.75) is 50.4 Å². The third-order valence-corrected chi connectivity index (χ3v) is 7.02. The average molecular weight is 517 g/mol. The first-order valence-corrected chi connectivity index (χ1v) is 11.8. The number of hydrogen-bond donors (Lipinski definition) is 2. The van der Waals surface area contributed by atoms with Crippen molar-refractivity contribution in [1.82, 2.24) is 9.78 Å². The second-order valence-corrected chi connectivity index (χ2v) is 9.58. The molecule has 3 aromatic rings. The highest BCUT2D eigenvalue weighted by molar-refractivity contribution is 6.03. The molecule has 7 nitrogen and oxygen atoms in total. The Morgan fingerprint density at radius 1 is 1.19 bits per heavy atom. The van der Waals surface area contributed by atoms with Gasteiger partial charge in [-0.1, -0.05) is 12.1 Å². The number of rotatable bonds is 8. The quantitative estimate of drug-likeness (QED) is 0.362. The third-order valence-electron chi connectivity index (χ3n) is 7.02. The molecule has 0 spiro atoms. The Balaban J connectivity index is 1.36. The fourth-order valence-electron chi connectivity index (χ4n) is 4.62. The van der Waals surface area contributed by atoms with Crippen molar-refractivity contribution in [1.29, 1.82) is 0 Å². The second-order valence-electron chi connectivity index (χ2n) is 9.58. The Morgan fingerprint density at radius 2 is 1.92 bits per heavy atom. The van der Waals surface area contributed by atoms with Gasteiger partial charge >= 0.3 is 12.3 Å². The molecule has 11 heteroatoms. The number of carbonyl (C=O) groups is 2. The summed E-state index contributed by atoms with van der Waals surface area (Å²) in [5, 5.41) is 16.8. The predicted molar refractivity (Wildman–Crippen MR) is 125 cm³/mol. The lowest BCUT2D eigenvalue weighted by molar-refractivity contribution is -0.274. The molecule has 2 saturated carbocycles. The number of carboxylic acid groups (broad SMARTS) is 1. The van der Waals surface area contributed by atoms with Crippen LogP contribution >= 0.6 is 0 Å². The summed E-state index contributed by atoms with van der Waals surface area (Å²) in [4.78, 5) is 25.1. The fourth-order valence-corrected chi connectivity index (χ4v) is 4.62. The molecule has 1 aromatic heterocycles. The van der Waals surface area contributed by atoms with Gasteiger partial charge in [-0.2, -0.15) is 5.10 Å². The van der Waals surface area contributed by atoms with Gasteiger partial charge in [0.1, 0.15) is 11.6 Å². The molecule has 1 heterocycles. The number of nitrogens with one attached hydrogen (secondary N) is 1. The normalized spacial score (nSPS) is 17.2. The lowest BCUT2D eigenvalue weighted by atomic mass is 9.94. The van der Waals surface area contributed by atoms with E-state index in [2.05, 4.69) is 22.1 Å². The number of halogens is 4. The molecule has 1 amide bonds. The molecular weight excluding hydrogens is 494 g/mol. The zero-order valence-corrected chi connectivity index (χ0v) is 19.7. The number of hydrogen-bond acceptors (Lipinski definition) is 4. The molecule has 0 aliphatic heterocycles. The van der Waals surface area contributed by atoms with Crippen LogP contribution in [0.2, 0.25) is 0 Å². The van der Waals surface area contributed by atoms with Crippen LogP contribution < -0.4 is 10.1 Å². The molecule has 0 saturated heterocycles. The number of alkyl halides is 3. The van der Waals surface area contributed by atoms with E-state index in [1.54, 1.807) is 24.5 Å². The van der Waals surface area contributed by atoms with E-state index >= 15 is 0 Å². The van der Waals surface area contributed by atoms with Crippen molar-refractivity contribution in [2.75, 3.05) is 5.32 Å². The van der Waals surface area contributed by atoms with Crippen molar-refractivity contribution in [3.63, 3.8) is 0 Å². The standard InChI is InChI=1S/C26H23F4N3O4/c1-14(15-2-3-15)33-13-16(12-31-33)19-6-4-17(10-20(19)23(34)35)32-24(36)25(8-9-25)21-7-5-18(11-22(21)27)37-26(28,29)30/h4-7,10-15H,2-3,8-9H2,1H3,(H,32,36)(H,34,35). The van der Waals surface area contributed by atoms with Crippen molar-refractivity contribution < 1.29 is 37.0 Å². The number of carboxylic acids is 1. The van der Waals surface area contributed by atoms with Gasteiger partial charge < -0.3 is 15.2 Å². The van der Waals surface area contributed by atoms with E-state index < -0.39 is 35.2 Å². The van der Waals surface area contributed by atoms with Crippen molar-refractivity contribution in [3.8, 4) is 16.9 Å². The molecule has 0 bridgehead atoms. The molecule has 2 N–H and O–H groups in total. The van der Waals surface area contributed by atoms with E-state index in [9.17, 15) is 32.3 Å². The van der Waals surface area contributed by atoms with Gasteiger partial charge in [-0.25, -0.2) is 9.18 Å². The molecule has 2 aromatic carbocycles. The minimum Gasteiger partial charge on any atom is -0.478 e. The molecule has 2 aliphatic rings. The van der Waals surface area contributed by atoms with Gasteiger partial charge in [0, 0.05) is 29.1 Å². The summed E-state index contributed by atoms with van der Waals surface area (Å²) in [5.41, 5.74) is -0.0819. The van der Waals surface area contributed by atoms with Crippen LogP contribution in [0.5, 0.6) is 5.75 Å². The Morgan fingerprint density at radius 3 is 2.51 bits per heavy atom. The fraction of sp³-hybridized carbons (Fsp3) is 0.346. The van der Waals surface area contributed by atoms with Gasteiger partial charge in [0.2, 0.25) is 5.91 Å². The molecule has 2 fully saturated rings. The zero-order chi connectivity index (χ0) is 26.5. The predicted octanol–water partition coefficient (Wildman–Crippen LogP) is 5.93. The minimum atomic E-state index is -4.97. The van der Waals surface area contributed by atoms with Crippen molar-refractivity contribution >= 4 is 17.6 Å². The number of nitrogens with zero attached hydrogens (tertiary/aromatic N) is 2. The lowest BCUT2D eigenvalue weighted by Crippen LogP contribution is -2.29.